The average Bonchev–Trinajstić information content (AvgIpc) is 2.70. The number of nitrogens with one attached hydrogen (secondary N) is 1. The molecule has 8 nitrogen and oxygen atoms in total. The van der Waals surface area contributed by atoms with E-state index in [1.54, 1.807) is 18.3 Å². The van der Waals surface area contributed by atoms with E-state index < -0.39 is 5.97 Å². The van der Waals surface area contributed by atoms with Crippen LogP contribution in [0.4, 0.5) is 0 Å². The number of unbranched alkanes of at least 4 members (excludes halogenated alkanes) is 1. The minimum Gasteiger partial charge on any atom is -0.481 e. The normalized spacial score (nSPS) is 11.6. The van der Waals surface area contributed by atoms with E-state index in [9.17, 15) is 19.2 Å². The number of carbonyl (C=O) groups excluding carboxylic acids is 3. The fourth-order valence-corrected chi connectivity index (χ4v) is 4.45. The third kappa shape index (κ3) is 12.9. The first-order valence-corrected chi connectivity index (χ1v) is 11.5. The van der Waals surface area contributed by atoms with Crippen LogP contribution < -0.4 is 11.1 Å². The maximum absolute atomic E-state index is 11.9. The van der Waals surface area contributed by atoms with E-state index in [1.807, 2.05) is 0 Å². The summed E-state index contributed by atoms with van der Waals surface area (Å²) >= 11 is 3.00. The lowest BCUT2D eigenvalue weighted by molar-refractivity contribution is -0.137. The van der Waals surface area contributed by atoms with E-state index in [4.69, 9.17) is 10.8 Å². The van der Waals surface area contributed by atoms with Crippen molar-refractivity contribution in [2.75, 3.05) is 17.3 Å². The first kappa shape index (κ1) is 25.0. The number of hydrogen-bond donors (Lipinski definition) is 3. The third-order valence-corrected chi connectivity index (χ3v) is 6.29. The molecule has 0 spiro atoms. The molecule has 0 bridgehead atoms. The van der Waals surface area contributed by atoms with E-state index in [2.05, 4.69) is 10.3 Å². The second-order valence-corrected chi connectivity index (χ2v) is 8.76. The molecule has 1 unspecified atom stereocenters. The number of aliphatic carboxylic acids is 1. The molecule has 0 radical (unpaired) electrons. The van der Waals surface area contributed by atoms with Crippen LogP contribution in [0.25, 0.3) is 0 Å². The van der Waals surface area contributed by atoms with Crippen molar-refractivity contribution in [2.45, 2.75) is 43.9 Å². The number of primary amides is 1. The second kappa shape index (κ2) is 14.9. The van der Waals surface area contributed by atoms with E-state index >= 15 is 0 Å². The van der Waals surface area contributed by atoms with Gasteiger partial charge in [0.05, 0.1) is 11.5 Å². The maximum atomic E-state index is 11.9. The van der Waals surface area contributed by atoms with Gasteiger partial charge in [-0.1, -0.05) is 12.5 Å². The Balaban J connectivity index is 2.24. The molecule has 29 heavy (non-hydrogen) atoms. The lowest BCUT2D eigenvalue weighted by Crippen LogP contribution is -2.25. The zero-order valence-electron chi connectivity index (χ0n) is 16.2. The van der Waals surface area contributed by atoms with Crippen molar-refractivity contribution in [1.82, 2.24) is 10.3 Å². The number of hydrogen-bond acceptors (Lipinski definition) is 7. The van der Waals surface area contributed by atoms with Crippen LogP contribution in [0, 0.1) is 0 Å². The van der Waals surface area contributed by atoms with Crippen molar-refractivity contribution >= 4 is 47.6 Å². The molecule has 4 N–H and O–H groups in total. The number of amides is 2. The van der Waals surface area contributed by atoms with Crippen molar-refractivity contribution in [3.63, 3.8) is 0 Å². The molecule has 0 aliphatic heterocycles. The number of carbonyl (C=O) groups is 4. The molecule has 1 atom stereocenters. The Morgan fingerprint density at radius 2 is 2.00 bits per heavy atom. The van der Waals surface area contributed by atoms with E-state index in [1.165, 1.54) is 23.5 Å². The number of thioether (sulfide) groups is 2. The summed E-state index contributed by atoms with van der Waals surface area (Å²) in [6.07, 6.45) is 5.41. The monoisotopic (exact) mass is 441 g/mol. The van der Waals surface area contributed by atoms with Gasteiger partial charge in [-0.25, -0.2) is 0 Å². The fraction of sp³-hybridized carbons (Fsp3) is 0.526. The van der Waals surface area contributed by atoms with Gasteiger partial charge in [0.2, 0.25) is 11.8 Å². The summed E-state index contributed by atoms with van der Waals surface area (Å²) in [4.78, 5) is 48.1. The van der Waals surface area contributed by atoms with Crippen molar-refractivity contribution in [3.05, 3.63) is 29.6 Å². The number of carboxylic acids is 1. The second-order valence-electron chi connectivity index (χ2n) is 6.37. The zero-order valence-corrected chi connectivity index (χ0v) is 17.8. The molecule has 0 fully saturated rings. The first-order valence-electron chi connectivity index (χ1n) is 9.27. The SMILES string of the molecule is NC(=O)CSC(CCCCC(=O)O)CCSCC(=O)NCc1ccc(C=O)nc1. The molecule has 10 heteroatoms. The molecule has 160 valence electrons. The van der Waals surface area contributed by atoms with Gasteiger partial charge < -0.3 is 16.2 Å². The molecule has 0 saturated carbocycles. The summed E-state index contributed by atoms with van der Waals surface area (Å²) in [5.41, 5.74) is 6.38. The average molecular weight is 442 g/mol. The molecule has 1 aromatic heterocycles. The number of rotatable bonds is 16. The van der Waals surface area contributed by atoms with E-state index in [-0.39, 0.29) is 29.2 Å². The largest absolute Gasteiger partial charge is 0.481 e. The summed E-state index contributed by atoms with van der Waals surface area (Å²) in [5.74, 6) is 0.0738. The fourth-order valence-electron chi connectivity index (χ4n) is 2.40. The minimum absolute atomic E-state index is 0.0859. The topological polar surface area (TPSA) is 139 Å². The van der Waals surface area contributed by atoms with Crippen LogP contribution in [0.15, 0.2) is 18.3 Å². The molecule has 0 saturated heterocycles. The van der Waals surface area contributed by atoms with Crippen LogP contribution in [-0.4, -0.2) is 56.7 Å². The van der Waals surface area contributed by atoms with Gasteiger partial charge in [0, 0.05) is 24.4 Å². The highest BCUT2D eigenvalue weighted by Gasteiger charge is 2.12. The predicted octanol–water partition coefficient (Wildman–Crippen LogP) is 1.87. The number of pyridine rings is 1. The first-order chi connectivity index (χ1) is 13.9. The summed E-state index contributed by atoms with van der Waals surface area (Å²) in [6.45, 7) is 0.353. The van der Waals surface area contributed by atoms with Crippen molar-refractivity contribution < 1.29 is 24.3 Å². The number of aldehydes is 1. The van der Waals surface area contributed by atoms with Crippen LogP contribution in [0.2, 0.25) is 0 Å². The number of carboxylic acid groups (broad SMARTS) is 1. The van der Waals surface area contributed by atoms with Crippen LogP contribution in [0.3, 0.4) is 0 Å². The maximum Gasteiger partial charge on any atom is 0.303 e. The highest BCUT2D eigenvalue weighted by Crippen LogP contribution is 2.23. The smallest absolute Gasteiger partial charge is 0.303 e. The van der Waals surface area contributed by atoms with Crippen LogP contribution in [0.1, 0.15) is 48.2 Å². The molecular formula is C19H27N3O5S2. The van der Waals surface area contributed by atoms with Gasteiger partial charge in [-0.2, -0.15) is 11.8 Å². The van der Waals surface area contributed by atoms with Gasteiger partial charge in [0.25, 0.3) is 0 Å². The Kier molecular flexibility index (Phi) is 12.8. The van der Waals surface area contributed by atoms with Crippen molar-refractivity contribution in [2.24, 2.45) is 5.73 Å². The summed E-state index contributed by atoms with van der Waals surface area (Å²) < 4.78 is 0. The van der Waals surface area contributed by atoms with Gasteiger partial charge in [-0.3, -0.25) is 24.2 Å². The molecular weight excluding hydrogens is 414 g/mol. The Bertz CT molecular complexity index is 670. The van der Waals surface area contributed by atoms with Gasteiger partial charge in [0.15, 0.2) is 6.29 Å². The van der Waals surface area contributed by atoms with Gasteiger partial charge >= 0.3 is 5.97 Å². The Morgan fingerprint density at radius 1 is 1.21 bits per heavy atom. The van der Waals surface area contributed by atoms with Gasteiger partial charge in [-0.15, -0.1) is 11.8 Å². The highest BCUT2D eigenvalue weighted by atomic mass is 32.2. The molecule has 1 aromatic rings. The summed E-state index contributed by atoms with van der Waals surface area (Å²) in [6, 6.07) is 3.35. The Labute approximate surface area is 178 Å². The van der Waals surface area contributed by atoms with Crippen LogP contribution in [0.5, 0.6) is 0 Å². The number of nitrogens with zero attached hydrogens (tertiary/aromatic N) is 1. The van der Waals surface area contributed by atoms with Crippen molar-refractivity contribution in [3.8, 4) is 0 Å². The Morgan fingerprint density at radius 3 is 2.62 bits per heavy atom. The highest BCUT2D eigenvalue weighted by molar-refractivity contribution is 8.01. The number of aromatic nitrogens is 1. The molecule has 0 aromatic carbocycles. The summed E-state index contributed by atoms with van der Waals surface area (Å²) in [5, 5.41) is 11.7. The van der Waals surface area contributed by atoms with E-state index in [0.29, 0.717) is 30.7 Å². The lowest BCUT2D eigenvalue weighted by atomic mass is 10.1. The molecule has 0 aliphatic rings. The quantitative estimate of drug-likeness (QED) is 0.261. The summed E-state index contributed by atoms with van der Waals surface area (Å²) in [7, 11) is 0. The van der Waals surface area contributed by atoms with Crippen molar-refractivity contribution in [1.29, 1.82) is 0 Å². The molecule has 1 heterocycles. The number of nitrogens with two attached hydrogens (primary N) is 1. The predicted molar refractivity (Wildman–Crippen MR) is 115 cm³/mol. The standard InChI is InChI=1S/C19H27N3O5S2/c20-17(24)12-29-16(3-1-2-4-19(26)27)7-8-28-13-18(25)22-10-14-5-6-15(11-23)21-9-14/h5-6,9,11,16H,1-4,7-8,10,12-13H2,(H2,20,24)(H,22,25)(H,26,27). The molecule has 2 amide bonds. The van der Waals surface area contributed by atoms with E-state index in [0.717, 1.165) is 30.6 Å². The lowest BCUT2D eigenvalue weighted by Gasteiger charge is -2.15. The zero-order chi connectivity index (χ0) is 21.5. The minimum atomic E-state index is -0.802. The Hall–Kier alpha value is -2.07. The van der Waals surface area contributed by atoms with Gasteiger partial charge in [-0.05, 0) is 36.6 Å². The third-order valence-electron chi connectivity index (χ3n) is 3.90. The molecule has 1 rings (SSSR count). The molecule has 0 aliphatic carbocycles. The van der Waals surface area contributed by atoms with Crippen LogP contribution in [-0.2, 0) is 20.9 Å². The van der Waals surface area contributed by atoms with Crippen LogP contribution >= 0.6 is 23.5 Å². The van der Waals surface area contributed by atoms with Gasteiger partial charge in [0.1, 0.15) is 5.69 Å².